The topological polar surface area (TPSA) is 50.8 Å². The number of hydrogen-bond donors (Lipinski definition) is 1. The van der Waals surface area contributed by atoms with Crippen molar-refractivity contribution in [2.45, 2.75) is 32.8 Å². The Morgan fingerprint density at radius 2 is 1.86 bits per heavy atom. The van der Waals surface area contributed by atoms with Crippen LogP contribution in [0.2, 0.25) is 0 Å². The molecule has 0 heterocycles. The summed E-state index contributed by atoms with van der Waals surface area (Å²) in [6.45, 7) is 7.65. The molecule has 1 unspecified atom stereocenters. The van der Waals surface area contributed by atoms with Crippen molar-refractivity contribution < 1.29 is 14.3 Å². The number of nitrogens with zero attached hydrogens (tertiary/aromatic N) is 1. The van der Waals surface area contributed by atoms with Crippen LogP contribution in [-0.4, -0.2) is 50.3 Å². The molecule has 5 nitrogen and oxygen atoms in total. The minimum atomic E-state index is -0.796. The third kappa shape index (κ3) is 5.66. The minimum Gasteiger partial charge on any atom is -0.492 e. The zero-order chi connectivity index (χ0) is 16.6. The number of nitrogens with one attached hydrogen (secondary N) is 1. The van der Waals surface area contributed by atoms with Crippen LogP contribution in [0.15, 0.2) is 24.3 Å². The fourth-order valence-corrected chi connectivity index (χ4v) is 1.89. The van der Waals surface area contributed by atoms with Crippen LogP contribution in [0.4, 0.5) is 5.69 Å². The first-order valence-electron chi connectivity index (χ1n) is 7.74. The molecule has 0 aliphatic heterocycles. The molecule has 22 heavy (non-hydrogen) atoms. The van der Waals surface area contributed by atoms with Gasteiger partial charge in [0.25, 0.3) is 5.91 Å². The van der Waals surface area contributed by atoms with E-state index in [0.29, 0.717) is 19.6 Å². The highest BCUT2D eigenvalue weighted by molar-refractivity contribution is 5.97. The van der Waals surface area contributed by atoms with Gasteiger partial charge in [0, 0.05) is 18.8 Å². The number of ether oxygens (including phenoxy) is 2. The molecule has 0 radical (unpaired) electrons. The Morgan fingerprint density at radius 3 is 2.36 bits per heavy atom. The molecule has 0 aromatic heterocycles. The average molecular weight is 308 g/mol. The highest BCUT2D eigenvalue weighted by Crippen LogP contribution is 2.20. The highest BCUT2D eigenvalue weighted by Gasteiger charge is 2.31. The summed E-state index contributed by atoms with van der Waals surface area (Å²) in [5, 5.41) is 2.89. The van der Waals surface area contributed by atoms with E-state index in [2.05, 4.69) is 10.2 Å². The van der Waals surface area contributed by atoms with Crippen LogP contribution in [0.3, 0.4) is 0 Å². The van der Waals surface area contributed by atoms with E-state index >= 15 is 0 Å². The molecule has 1 aromatic carbocycles. The Kier molecular flexibility index (Phi) is 7.35. The maximum Gasteiger partial charge on any atom is 0.256 e. The number of amides is 1. The molecule has 0 fully saturated rings. The van der Waals surface area contributed by atoms with E-state index in [-0.39, 0.29) is 5.91 Å². The summed E-state index contributed by atoms with van der Waals surface area (Å²) in [5.74, 6) is 0.668. The summed E-state index contributed by atoms with van der Waals surface area (Å²) in [4.78, 5) is 14.4. The summed E-state index contributed by atoms with van der Waals surface area (Å²) in [6, 6.07) is 7.39. The number of anilines is 1. The van der Waals surface area contributed by atoms with Crippen molar-refractivity contribution in [3.05, 3.63) is 24.3 Å². The van der Waals surface area contributed by atoms with Gasteiger partial charge in [-0.05, 0) is 58.6 Å². The molecule has 1 aromatic rings. The summed E-state index contributed by atoms with van der Waals surface area (Å²) < 4.78 is 11.2. The molecule has 0 bridgehead atoms. The van der Waals surface area contributed by atoms with Crippen LogP contribution in [0, 0.1) is 0 Å². The van der Waals surface area contributed by atoms with Gasteiger partial charge in [-0.15, -0.1) is 0 Å². The van der Waals surface area contributed by atoms with E-state index in [4.69, 9.17) is 9.47 Å². The van der Waals surface area contributed by atoms with Crippen LogP contribution in [0.25, 0.3) is 0 Å². The van der Waals surface area contributed by atoms with Gasteiger partial charge in [0.05, 0.1) is 0 Å². The zero-order valence-corrected chi connectivity index (χ0v) is 14.3. The lowest BCUT2D eigenvalue weighted by molar-refractivity contribution is -0.139. The van der Waals surface area contributed by atoms with E-state index in [1.54, 1.807) is 0 Å². The van der Waals surface area contributed by atoms with Crippen molar-refractivity contribution in [3.63, 3.8) is 0 Å². The molecule has 0 aliphatic carbocycles. The molecule has 1 N–H and O–H groups in total. The first kappa shape index (κ1) is 18.5. The van der Waals surface area contributed by atoms with E-state index in [1.165, 1.54) is 0 Å². The van der Waals surface area contributed by atoms with Crippen LogP contribution >= 0.6 is 0 Å². The molecule has 124 valence electrons. The molecule has 5 heteroatoms. The lowest BCUT2D eigenvalue weighted by Gasteiger charge is -2.26. The van der Waals surface area contributed by atoms with Gasteiger partial charge in [-0.1, -0.05) is 6.92 Å². The van der Waals surface area contributed by atoms with Gasteiger partial charge < -0.3 is 19.7 Å². The first-order chi connectivity index (χ1) is 10.4. The Morgan fingerprint density at radius 1 is 1.23 bits per heavy atom. The van der Waals surface area contributed by atoms with E-state index in [9.17, 15) is 4.79 Å². The predicted octanol–water partition coefficient (Wildman–Crippen LogP) is 2.77. The Labute approximate surface area is 133 Å². The highest BCUT2D eigenvalue weighted by atomic mass is 16.5. The van der Waals surface area contributed by atoms with Crippen molar-refractivity contribution in [3.8, 4) is 5.75 Å². The van der Waals surface area contributed by atoms with Crippen molar-refractivity contribution in [1.29, 1.82) is 0 Å². The average Bonchev–Trinajstić information content (AvgIpc) is 2.48. The monoisotopic (exact) mass is 308 g/mol. The third-order valence-electron chi connectivity index (χ3n) is 3.54. The second-order valence-corrected chi connectivity index (χ2v) is 5.65. The van der Waals surface area contributed by atoms with Gasteiger partial charge in [0.15, 0.2) is 0 Å². The molecule has 1 amide bonds. The fraction of sp³-hybridized carbons (Fsp3) is 0.588. The summed E-state index contributed by atoms with van der Waals surface area (Å²) >= 11 is 0. The first-order valence-corrected chi connectivity index (χ1v) is 7.74. The maximum absolute atomic E-state index is 12.3. The number of carbonyl (C=O) groups excluding carboxylic acids is 1. The Balaban J connectivity index is 2.58. The zero-order valence-electron chi connectivity index (χ0n) is 14.3. The van der Waals surface area contributed by atoms with Crippen LogP contribution in [0.5, 0.6) is 5.75 Å². The molecule has 0 saturated heterocycles. The van der Waals surface area contributed by atoms with Crippen LogP contribution in [0.1, 0.15) is 27.2 Å². The molecular weight excluding hydrogens is 280 g/mol. The van der Waals surface area contributed by atoms with E-state index in [0.717, 1.165) is 18.0 Å². The smallest absolute Gasteiger partial charge is 0.256 e. The number of hydrogen-bond acceptors (Lipinski definition) is 4. The lowest BCUT2D eigenvalue weighted by Crippen LogP contribution is -2.42. The quantitative estimate of drug-likeness (QED) is 0.762. The molecule has 0 aliphatic rings. The Hall–Kier alpha value is -1.59. The summed E-state index contributed by atoms with van der Waals surface area (Å²) in [6.07, 6.45) is 0.623. The van der Waals surface area contributed by atoms with Crippen molar-refractivity contribution in [2.75, 3.05) is 39.2 Å². The number of benzene rings is 1. The fourth-order valence-electron chi connectivity index (χ4n) is 1.89. The maximum atomic E-state index is 12.3. The van der Waals surface area contributed by atoms with Gasteiger partial charge in [-0.2, -0.15) is 0 Å². The third-order valence-corrected chi connectivity index (χ3v) is 3.54. The van der Waals surface area contributed by atoms with Crippen LogP contribution < -0.4 is 10.1 Å². The van der Waals surface area contributed by atoms with Gasteiger partial charge in [-0.25, -0.2) is 0 Å². The second-order valence-electron chi connectivity index (χ2n) is 5.65. The van der Waals surface area contributed by atoms with E-state index < -0.39 is 5.60 Å². The Bertz CT molecular complexity index is 459. The van der Waals surface area contributed by atoms with Crippen molar-refractivity contribution in [2.24, 2.45) is 0 Å². The molecule has 0 spiro atoms. The van der Waals surface area contributed by atoms with Crippen molar-refractivity contribution >= 4 is 11.6 Å². The summed E-state index contributed by atoms with van der Waals surface area (Å²) in [7, 11) is 4.01. The SMILES string of the molecule is CCOC(C)(CC)C(=O)Nc1ccc(OCCN(C)C)cc1. The molecule has 1 atom stereocenters. The van der Waals surface area contributed by atoms with Crippen LogP contribution in [-0.2, 0) is 9.53 Å². The largest absolute Gasteiger partial charge is 0.492 e. The van der Waals surface area contributed by atoms with Gasteiger partial charge in [0.1, 0.15) is 18.0 Å². The number of rotatable bonds is 9. The van der Waals surface area contributed by atoms with Gasteiger partial charge >= 0.3 is 0 Å². The second kappa shape index (κ2) is 8.76. The molecule has 0 saturated carbocycles. The predicted molar refractivity (Wildman–Crippen MR) is 89.4 cm³/mol. The van der Waals surface area contributed by atoms with Gasteiger partial charge in [-0.3, -0.25) is 4.79 Å². The standard InChI is InChI=1S/C17H28N2O3/c1-6-17(3,22-7-2)16(20)18-14-8-10-15(11-9-14)21-13-12-19(4)5/h8-11H,6-7,12-13H2,1-5H3,(H,18,20). The summed E-state index contributed by atoms with van der Waals surface area (Å²) in [5.41, 5.74) is -0.0559. The molecule has 1 rings (SSSR count). The van der Waals surface area contributed by atoms with Crippen molar-refractivity contribution in [1.82, 2.24) is 4.90 Å². The minimum absolute atomic E-state index is 0.127. The lowest BCUT2D eigenvalue weighted by atomic mass is 10.0. The number of carbonyl (C=O) groups is 1. The molecular formula is C17H28N2O3. The van der Waals surface area contributed by atoms with E-state index in [1.807, 2.05) is 59.1 Å². The van der Waals surface area contributed by atoms with Gasteiger partial charge in [0.2, 0.25) is 0 Å². The number of likely N-dealkylation sites (N-methyl/N-ethyl adjacent to an activating group) is 1. The normalized spacial score (nSPS) is 13.7.